The maximum atomic E-state index is 12.6. The first-order valence-electron chi connectivity index (χ1n) is 11.0. The molecule has 6 heteroatoms. The van der Waals surface area contributed by atoms with Crippen LogP contribution < -0.4 is 0 Å². The van der Waals surface area contributed by atoms with Gasteiger partial charge in [0.25, 0.3) is 0 Å². The van der Waals surface area contributed by atoms with Gasteiger partial charge in [-0.2, -0.15) is 0 Å². The Kier molecular flexibility index (Phi) is 5.46. The van der Waals surface area contributed by atoms with Crippen LogP contribution in [0.1, 0.15) is 43.0 Å². The largest absolute Gasteiger partial charge is 0.458 e. The minimum absolute atomic E-state index is 0.0329. The van der Waals surface area contributed by atoms with Gasteiger partial charge >= 0.3 is 5.97 Å². The maximum absolute atomic E-state index is 12.6. The molecule has 2 aromatic rings. The zero-order valence-corrected chi connectivity index (χ0v) is 17.9. The van der Waals surface area contributed by atoms with Gasteiger partial charge in [-0.25, -0.2) is 4.79 Å². The average molecular weight is 424 g/mol. The van der Waals surface area contributed by atoms with Gasteiger partial charge in [-0.1, -0.05) is 18.7 Å². The van der Waals surface area contributed by atoms with Crippen LogP contribution in [0.25, 0.3) is 10.9 Å². The molecule has 0 unspecified atom stereocenters. The van der Waals surface area contributed by atoms with Gasteiger partial charge in [0.1, 0.15) is 19.5 Å². The summed E-state index contributed by atoms with van der Waals surface area (Å²) in [5.74, 6) is -0.137. The Morgan fingerprint density at radius 3 is 3.16 bits per heavy atom. The number of carbonyl (C=O) groups is 1. The zero-order valence-electron chi connectivity index (χ0n) is 17.9. The van der Waals surface area contributed by atoms with E-state index in [0.717, 1.165) is 47.7 Å². The number of fused-ring (bicyclic) bond motifs is 4. The lowest BCUT2D eigenvalue weighted by Gasteiger charge is -2.26. The van der Waals surface area contributed by atoms with Crippen LogP contribution in [0, 0.1) is 5.92 Å². The number of aromatic amines is 1. The first-order valence-corrected chi connectivity index (χ1v) is 11.0. The number of esters is 1. The molecule has 0 spiro atoms. The molecule has 6 nitrogen and oxygen atoms in total. The summed E-state index contributed by atoms with van der Waals surface area (Å²) < 4.78 is 23.4. The van der Waals surface area contributed by atoms with Crippen LogP contribution in [0.2, 0.25) is 0 Å². The van der Waals surface area contributed by atoms with Gasteiger partial charge in [-0.05, 0) is 67.3 Å². The fraction of sp³-hybridized carbons (Fsp3) is 0.480. The summed E-state index contributed by atoms with van der Waals surface area (Å²) in [6.07, 6.45) is 7.64. The van der Waals surface area contributed by atoms with Gasteiger partial charge in [0.2, 0.25) is 0 Å². The molecule has 164 valence electrons. The van der Waals surface area contributed by atoms with Crippen molar-refractivity contribution in [1.29, 1.82) is 0 Å². The number of epoxide rings is 1. The van der Waals surface area contributed by atoms with Crippen molar-refractivity contribution in [1.82, 2.24) is 4.98 Å². The number of hydrogen-bond donors (Lipinski definition) is 1. The van der Waals surface area contributed by atoms with E-state index in [2.05, 4.69) is 24.6 Å². The fourth-order valence-corrected chi connectivity index (χ4v) is 4.85. The van der Waals surface area contributed by atoms with Gasteiger partial charge in [-0.15, -0.1) is 0 Å². The summed E-state index contributed by atoms with van der Waals surface area (Å²) in [5.41, 5.74) is 3.50. The lowest BCUT2D eigenvalue weighted by Crippen LogP contribution is -2.34. The van der Waals surface area contributed by atoms with E-state index in [1.54, 1.807) is 0 Å². The number of benzene rings is 1. The molecule has 0 saturated carbocycles. The molecule has 3 aliphatic rings. The molecule has 3 heterocycles. The smallest absolute Gasteiger partial charge is 0.338 e. The molecule has 1 aromatic carbocycles. The molecule has 2 fully saturated rings. The summed E-state index contributed by atoms with van der Waals surface area (Å²) in [6, 6.07) is 7.55. The minimum Gasteiger partial charge on any atom is -0.458 e. The number of aromatic nitrogens is 1. The van der Waals surface area contributed by atoms with E-state index in [0.29, 0.717) is 18.8 Å². The van der Waals surface area contributed by atoms with Crippen LogP contribution in [0.4, 0.5) is 0 Å². The Morgan fingerprint density at radius 2 is 2.26 bits per heavy atom. The van der Waals surface area contributed by atoms with Crippen LogP contribution in [-0.2, 0) is 18.9 Å². The van der Waals surface area contributed by atoms with Crippen molar-refractivity contribution in [3.63, 3.8) is 0 Å². The molecule has 2 saturated heterocycles. The zero-order chi connectivity index (χ0) is 21.4. The number of H-pyrrole nitrogens is 1. The number of carbonyl (C=O) groups excluding carboxylic acids is 1. The molecule has 4 atom stereocenters. The van der Waals surface area contributed by atoms with Crippen molar-refractivity contribution in [3.8, 4) is 0 Å². The number of rotatable bonds is 3. The minimum atomic E-state index is -0.305. The fourth-order valence-electron chi connectivity index (χ4n) is 4.85. The van der Waals surface area contributed by atoms with Crippen LogP contribution in [0.3, 0.4) is 0 Å². The second-order valence-corrected chi connectivity index (χ2v) is 9.01. The average Bonchev–Trinajstić information content (AvgIpc) is 3.26. The molecular formula is C25H29NO5. The third-order valence-electron chi connectivity index (χ3n) is 6.82. The van der Waals surface area contributed by atoms with Crippen molar-refractivity contribution in [3.05, 3.63) is 59.8 Å². The van der Waals surface area contributed by atoms with Crippen LogP contribution in [0.15, 0.2) is 54.3 Å². The van der Waals surface area contributed by atoms with E-state index in [1.807, 2.05) is 30.5 Å². The molecule has 31 heavy (non-hydrogen) atoms. The first-order chi connectivity index (χ1) is 15.0. The third-order valence-corrected chi connectivity index (χ3v) is 6.82. The van der Waals surface area contributed by atoms with Crippen LogP contribution >= 0.6 is 0 Å². The quantitative estimate of drug-likeness (QED) is 0.446. The summed E-state index contributed by atoms with van der Waals surface area (Å²) in [7, 11) is 0. The SMILES string of the molecule is C=C1COCO[C@H]2[C@H]1CC/C(COC(=O)c1ccc3cc[nH]c3c1)=C\CC[C@@]1(C)O[C@@H]21. The van der Waals surface area contributed by atoms with Crippen molar-refractivity contribution >= 4 is 16.9 Å². The van der Waals surface area contributed by atoms with Crippen molar-refractivity contribution < 1.29 is 23.7 Å². The van der Waals surface area contributed by atoms with E-state index >= 15 is 0 Å². The van der Waals surface area contributed by atoms with Crippen molar-refractivity contribution in [2.45, 2.75) is 50.4 Å². The maximum Gasteiger partial charge on any atom is 0.338 e. The van der Waals surface area contributed by atoms with Crippen LogP contribution in [-0.4, -0.2) is 48.8 Å². The number of allylic oxidation sites excluding steroid dienone is 1. The summed E-state index contributed by atoms with van der Waals surface area (Å²) in [4.78, 5) is 15.8. The Balaban J connectivity index is 1.28. The Morgan fingerprint density at radius 1 is 1.35 bits per heavy atom. The van der Waals surface area contributed by atoms with Gasteiger partial charge < -0.3 is 23.9 Å². The molecule has 1 N–H and O–H groups in total. The predicted molar refractivity (Wildman–Crippen MR) is 117 cm³/mol. The summed E-state index contributed by atoms with van der Waals surface area (Å²) in [6.45, 7) is 7.49. The Bertz CT molecular complexity index is 1020. The highest BCUT2D eigenvalue weighted by Gasteiger charge is 2.58. The highest BCUT2D eigenvalue weighted by molar-refractivity contribution is 5.94. The highest BCUT2D eigenvalue weighted by atomic mass is 16.7. The highest BCUT2D eigenvalue weighted by Crippen LogP contribution is 2.48. The topological polar surface area (TPSA) is 73.1 Å². The van der Waals surface area contributed by atoms with E-state index in [4.69, 9.17) is 18.9 Å². The second kappa shape index (κ2) is 8.26. The predicted octanol–water partition coefficient (Wildman–Crippen LogP) is 4.53. The number of hydrogen-bond acceptors (Lipinski definition) is 5. The van der Waals surface area contributed by atoms with E-state index in [9.17, 15) is 4.79 Å². The van der Waals surface area contributed by atoms with Crippen LogP contribution in [0.5, 0.6) is 0 Å². The van der Waals surface area contributed by atoms with Crippen molar-refractivity contribution in [2.24, 2.45) is 5.92 Å². The molecular weight excluding hydrogens is 394 g/mol. The van der Waals surface area contributed by atoms with Gasteiger partial charge in [0.15, 0.2) is 0 Å². The lowest BCUT2D eigenvalue weighted by molar-refractivity contribution is -0.0844. The Labute approximate surface area is 182 Å². The third kappa shape index (κ3) is 4.20. The molecule has 1 aliphatic carbocycles. The van der Waals surface area contributed by atoms with E-state index in [1.165, 1.54) is 0 Å². The monoisotopic (exact) mass is 423 g/mol. The molecule has 0 bridgehead atoms. The van der Waals surface area contributed by atoms with Crippen molar-refractivity contribution in [2.75, 3.05) is 20.0 Å². The van der Waals surface area contributed by atoms with E-state index in [-0.39, 0.29) is 36.5 Å². The van der Waals surface area contributed by atoms with Gasteiger partial charge in [0, 0.05) is 17.6 Å². The lowest BCUT2D eigenvalue weighted by atomic mass is 9.82. The number of nitrogens with one attached hydrogen (secondary N) is 1. The van der Waals surface area contributed by atoms with Gasteiger partial charge in [0.05, 0.1) is 23.9 Å². The molecule has 2 aliphatic heterocycles. The molecule has 0 radical (unpaired) electrons. The summed E-state index contributed by atoms with van der Waals surface area (Å²) >= 11 is 0. The molecule has 0 amide bonds. The van der Waals surface area contributed by atoms with E-state index < -0.39 is 0 Å². The first kappa shape index (κ1) is 20.5. The molecule has 1 aromatic heterocycles. The number of ether oxygens (including phenoxy) is 4. The Hall–Kier alpha value is -2.41. The normalized spacial score (nSPS) is 32.9. The second-order valence-electron chi connectivity index (χ2n) is 9.01. The molecule has 5 rings (SSSR count). The standard InChI is InChI=1S/C25H29NO5/c1-16-13-28-15-30-22-20(16)8-5-17(4-3-10-25(2)23(22)31-25)14-29-24(27)19-7-6-18-9-11-26-21(18)12-19/h4,6-7,9,11-12,20,22-23,26H,1,3,5,8,10,13-15H2,2H3/b17-4+/t20-,22-,23-,25+/m0/s1. The summed E-state index contributed by atoms with van der Waals surface area (Å²) in [5, 5.41) is 1.07. The van der Waals surface area contributed by atoms with Gasteiger partial charge in [-0.3, -0.25) is 0 Å².